The molecule has 6 nitrogen and oxygen atoms in total. The van der Waals surface area contributed by atoms with Crippen molar-refractivity contribution in [1.29, 1.82) is 0 Å². The van der Waals surface area contributed by atoms with E-state index in [0.29, 0.717) is 18.0 Å². The van der Waals surface area contributed by atoms with Crippen LogP contribution in [-0.2, 0) is 15.0 Å². The molecule has 0 bridgehead atoms. The summed E-state index contributed by atoms with van der Waals surface area (Å²) in [6.07, 6.45) is 0.192. The Labute approximate surface area is 164 Å². The molecule has 2 amide bonds. The van der Waals surface area contributed by atoms with Gasteiger partial charge in [-0.05, 0) is 29.2 Å². The van der Waals surface area contributed by atoms with E-state index >= 15 is 0 Å². The summed E-state index contributed by atoms with van der Waals surface area (Å²) < 4.78 is 10.7. The van der Waals surface area contributed by atoms with Gasteiger partial charge in [-0.3, -0.25) is 9.59 Å². The molecule has 1 fully saturated rings. The van der Waals surface area contributed by atoms with E-state index in [1.807, 2.05) is 30.3 Å². The summed E-state index contributed by atoms with van der Waals surface area (Å²) in [5.41, 5.74) is 2.50. The molecule has 4 rings (SSSR count). The largest absolute Gasteiger partial charge is 0.454 e. The number of ether oxygens (including phenoxy) is 2. The maximum Gasteiger partial charge on any atom is 0.231 e. The van der Waals surface area contributed by atoms with Gasteiger partial charge in [0.25, 0.3) is 0 Å². The highest BCUT2D eigenvalue weighted by Crippen LogP contribution is 2.37. The monoisotopic (exact) mass is 380 g/mol. The fraction of sp³-hybridized carbons (Fsp3) is 0.364. The first-order valence-corrected chi connectivity index (χ1v) is 9.43. The molecule has 2 aliphatic heterocycles. The minimum absolute atomic E-state index is 0.0666. The van der Waals surface area contributed by atoms with Gasteiger partial charge in [0.15, 0.2) is 11.5 Å². The second-order valence-electron chi connectivity index (χ2n) is 8.23. The van der Waals surface area contributed by atoms with E-state index in [1.54, 1.807) is 17.0 Å². The van der Waals surface area contributed by atoms with Crippen molar-refractivity contribution >= 4 is 23.2 Å². The molecule has 1 atom stereocenters. The van der Waals surface area contributed by atoms with Crippen LogP contribution in [0.15, 0.2) is 42.5 Å². The lowest BCUT2D eigenvalue weighted by Crippen LogP contribution is -2.28. The Bertz CT molecular complexity index is 932. The van der Waals surface area contributed by atoms with Crippen LogP contribution in [0.4, 0.5) is 11.4 Å². The molecule has 0 aliphatic carbocycles. The lowest BCUT2D eigenvalue weighted by molar-refractivity contribution is -0.122. The zero-order valence-electron chi connectivity index (χ0n) is 16.3. The van der Waals surface area contributed by atoms with E-state index in [-0.39, 0.29) is 30.4 Å². The Morgan fingerprint density at radius 1 is 1.11 bits per heavy atom. The summed E-state index contributed by atoms with van der Waals surface area (Å²) in [6.45, 7) is 6.86. The topological polar surface area (TPSA) is 67.9 Å². The number of rotatable bonds is 3. The summed E-state index contributed by atoms with van der Waals surface area (Å²) in [6, 6.07) is 13.2. The van der Waals surface area contributed by atoms with Crippen molar-refractivity contribution in [2.45, 2.75) is 32.6 Å². The van der Waals surface area contributed by atoms with Crippen molar-refractivity contribution in [1.82, 2.24) is 0 Å². The highest BCUT2D eigenvalue weighted by Gasteiger charge is 2.36. The number of carbonyl (C=O) groups is 2. The van der Waals surface area contributed by atoms with Crippen LogP contribution in [0.2, 0.25) is 0 Å². The van der Waals surface area contributed by atoms with Gasteiger partial charge in [0.2, 0.25) is 18.6 Å². The van der Waals surface area contributed by atoms with Crippen LogP contribution in [0.1, 0.15) is 32.8 Å². The average molecular weight is 380 g/mol. The van der Waals surface area contributed by atoms with Gasteiger partial charge in [0.1, 0.15) is 0 Å². The van der Waals surface area contributed by atoms with Crippen molar-refractivity contribution in [3.05, 3.63) is 48.0 Å². The standard InChI is InChI=1S/C22H24N2O4/c1-22(2,3)16-6-4-5-7-17(16)23-21(26)14-10-20(25)24(12-14)15-8-9-18-19(11-15)28-13-27-18/h4-9,11,14H,10,12-13H2,1-3H3,(H,23,26). The van der Waals surface area contributed by atoms with Crippen LogP contribution >= 0.6 is 0 Å². The maximum absolute atomic E-state index is 12.9. The van der Waals surface area contributed by atoms with Gasteiger partial charge in [-0.2, -0.15) is 0 Å². The molecule has 0 saturated carbocycles. The van der Waals surface area contributed by atoms with Gasteiger partial charge < -0.3 is 19.7 Å². The molecule has 2 heterocycles. The van der Waals surface area contributed by atoms with Crippen LogP contribution in [0.3, 0.4) is 0 Å². The second-order valence-corrected chi connectivity index (χ2v) is 8.23. The Balaban J connectivity index is 1.49. The van der Waals surface area contributed by atoms with E-state index in [2.05, 4.69) is 26.1 Å². The second kappa shape index (κ2) is 6.86. The molecule has 0 radical (unpaired) electrons. The number of amides is 2. The Morgan fingerprint density at radius 3 is 2.64 bits per heavy atom. The van der Waals surface area contributed by atoms with E-state index in [4.69, 9.17) is 9.47 Å². The number of nitrogens with one attached hydrogen (secondary N) is 1. The van der Waals surface area contributed by atoms with E-state index in [9.17, 15) is 9.59 Å². The SMILES string of the molecule is CC(C)(C)c1ccccc1NC(=O)C1CC(=O)N(c2ccc3c(c2)OCO3)C1. The summed E-state index contributed by atoms with van der Waals surface area (Å²) in [7, 11) is 0. The lowest BCUT2D eigenvalue weighted by atomic mass is 9.85. The molecule has 2 aliphatic rings. The number of nitrogens with zero attached hydrogens (tertiary/aromatic N) is 1. The highest BCUT2D eigenvalue weighted by atomic mass is 16.7. The van der Waals surface area contributed by atoms with Crippen molar-refractivity contribution in [2.75, 3.05) is 23.6 Å². The number of hydrogen-bond donors (Lipinski definition) is 1. The van der Waals surface area contributed by atoms with E-state index < -0.39 is 5.92 Å². The smallest absolute Gasteiger partial charge is 0.231 e. The van der Waals surface area contributed by atoms with Crippen molar-refractivity contribution in [2.24, 2.45) is 5.92 Å². The molecule has 1 unspecified atom stereocenters. The third-order valence-electron chi connectivity index (χ3n) is 5.16. The first-order chi connectivity index (χ1) is 13.3. The van der Waals surface area contributed by atoms with Crippen LogP contribution in [0.5, 0.6) is 11.5 Å². The van der Waals surface area contributed by atoms with Gasteiger partial charge in [-0.15, -0.1) is 0 Å². The third kappa shape index (κ3) is 3.42. The third-order valence-corrected chi connectivity index (χ3v) is 5.16. The number of para-hydroxylation sites is 1. The Kier molecular flexibility index (Phi) is 4.49. The van der Waals surface area contributed by atoms with Crippen molar-refractivity contribution in [3.8, 4) is 11.5 Å². The first-order valence-electron chi connectivity index (χ1n) is 9.43. The van der Waals surface area contributed by atoms with Gasteiger partial charge in [0.05, 0.1) is 5.92 Å². The molecule has 1 saturated heterocycles. The molecular weight excluding hydrogens is 356 g/mol. The molecule has 2 aromatic rings. The predicted molar refractivity (Wildman–Crippen MR) is 107 cm³/mol. The summed E-state index contributed by atoms with van der Waals surface area (Å²) in [5, 5.41) is 3.03. The molecule has 28 heavy (non-hydrogen) atoms. The Hall–Kier alpha value is -3.02. The number of benzene rings is 2. The normalized spacial score (nSPS) is 18.5. The quantitative estimate of drug-likeness (QED) is 0.882. The zero-order chi connectivity index (χ0) is 19.9. The van der Waals surface area contributed by atoms with Gasteiger partial charge >= 0.3 is 0 Å². The number of hydrogen-bond acceptors (Lipinski definition) is 4. The zero-order valence-corrected chi connectivity index (χ0v) is 16.3. The number of carbonyl (C=O) groups excluding carboxylic acids is 2. The Morgan fingerprint density at radius 2 is 1.86 bits per heavy atom. The van der Waals surface area contributed by atoms with Crippen molar-refractivity contribution < 1.29 is 19.1 Å². The summed E-state index contributed by atoms with van der Waals surface area (Å²) >= 11 is 0. The summed E-state index contributed by atoms with van der Waals surface area (Å²) in [4.78, 5) is 27.1. The molecule has 146 valence electrons. The van der Waals surface area contributed by atoms with E-state index in [0.717, 1.165) is 16.9 Å². The van der Waals surface area contributed by atoms with Crippen LogP contribution in [0.25, 0.3) is 0 Å². The highest BCUT2D eigenvalue weighted by molar-refractivity contribution is 6.03. The number of fused-ring (bicyclic) bond motifs is 1. The molecule has 0 aromatic heterocycles. The molecule has 6 heteroatoms. The van der Waals surface area contributed by atoms with Gasteiger partial charge in [-0.25, -0.2) is 0 Å². The van der Waals surface area contributed by atoms with Crippen molar-refractivity contribution in [3.63, 3.8) is 0 Å². The lowest BCUT2D eigenvalue weighted by Gasteiger charge is -2.23. The van der Waals surface area contributed by atoms with Gasteiger partial charge in [-0.1, -0.05) is 39.0 Å². The fourth-order valence-corrected chi connectivity index (χ4v) is 3.67. The van der Waals surface area contributed by atoms with Crippen LogP contribution < -0.4 is 19.7 Å². The minimum atomic E-state index is -0.397. The molecule has 2 aromatic carbocycles. The maximum atomic E-state index is 12.9. The average Bonchev–Trinajstić information content (AvgIpc) is 3.27. The molecule has 0 spiro atoms. The summed E-state index contributed by atoms with van der Waals surface area (Å²) in [5.74, 6) is 0.697. The fourth-order valence-electron chi connectivity index (χ4n) is 3.67. The number of anilines is 2. The molecule has 1 N–H and O–H groups in total. The van der Waals surface area contributed by atoms with Crippen LogP contribution in [-0.4, -0.2) is 25.2 Å². The van der Waals surface area contributed by atoms with Crippen LogP contribution in [0, 0.1) is 5.92 Å². The minimum Gasteiger partial charge on any atom is -0.454 e. The first kappa shape index (κ1) is 18.3. The predicted octanol–water partition coefficient (Wildman–Crippen LogP) is 3.70. The molecular formula is C22H24N2O4. The van der Waals surface area contributed by atoms with E-state index in [1.165, 1.54) is 0 Å². The van der Waals surface area contributed by atoms with Gasteiger partial charge in [0, 0.05) is 30.4 Å².